The molecule has 1 aromatic carbocycles. The van der Waals surface area contributed by atoms with Crippen molar-refractivity contribution in [1.82, 2.24) is 10.2 Å². The topological polar surface area (TPSA) is 18.5 Å². The number of hydrogen-bond donors (Lipinski definition) is 1. The standard InChI is InChI=1S/C17H26ClN3/c1-12-10-21(11-17(12)20(2)3)15-7-4-13(16(18)8-15)9-19-14-5-6-14/h4,7-8,12,14,17,19H,5-6,9-11H2,1-3H3. The number of anilines is 1. The number of benzene rings is 1. The zero-order chi connectivity index (χ0) is 15.0. The van der Waals surface area contributed by atoms with Gasteiger partial charge in [-0.25, -0.2) is 0 Å². The van der Waals surface area contributed by atoms with Gasteiger partial charge in [0.2, 0.25) is 0 Å². The van der Waals surface area contributed by atoms with Gasteiger partial charge in [-0.05, 0) is 50.6 Å². The quantitative estimate of drug-likeness (QED) is 0.902. The van der Waals surface area contributed by atoms with Crippen LogP contribution in [0.1, 0.15) is 25.3 Å². The van der Waals surface area contributed by atoms with Crippen molar-refractivity contribution < 1.29 is 0 Å². The molecule has 21 heavy (non-hydrogen) atoms. The van der Waals surface area contributed by atoms with Crippen molar-refractivity contribution >= 4 is 17.3 Å². The minimum Gasteiger partial charge on any atom is -0.370 e. The van der Waals surface area contributed by atoms with Crippen LogP contribution in [0.5, 0.6) is 0 Å². The van der Waals surface area contributed by atoms with Crippen molar-refractivity contribution in [3.05, 3.63) is 28.8 Å². The molecule has 1 aliphatic carbocycles. The van der Waals surface area contributed by atoms with Gasteiger partial charge in [-0.3, -0.25) is 0 Å². The van der Waals surface area contributed by atoms with Crippen LogP contribution in [0.25, 0.3) is 0 Å². The molecule has 4 heteroatoms. The van der Waals surface area contributed by atoms with Crippen molar-refractivity contribution in [3.63, 3.8) is 0 Å². The van der Waals surface area contributed by atoms with Gasteiger partial charge in [0.1, 0.15) is 0 Å². The first-order valence-corrected chi connectivity index (χ1v) is 8.35. The lowest BCUT2D eigenvalue weighted by Gasteiger charge is -2.23. The first-order chi connectivity index (χ1) is 10.0. The highest BCUT2D eigenvalue weighted by Gasteiger charge is 2.31. The van der Waals surface area contributed by atoms with Gasteiger partial charge < -0.3 is 15.1 Å². The van der Waals surface area contributed by atoms with Gasteiger partial charge in [0.15, 0.2) is 0 Å². The van der Waals surface area contributed by atoms with Crippen LogP contribution in [-0.2, 0) is 6.54 Å². The third-order valence-electron chi connectivity index (χ3n) is 4.80. The maximum atomic E-state index is 6.47. The Hall–Kier alpha value is -0.770. The summed E-state index contributed by atoms with van der Waals surface area (Å²) in [6, 6.07) is 7.89. The molecular weight excluding hydrogens is 282 g/mol. The fourth-order valence-corrected chi connectivity index (χ4v) is 3.49. The summed E-state index contributed by atoms with van der Waals surface area (Å²) in [5.41, 5.74) is 2.47. The third kappa shape index (κ3) is 3.53. The van der Waals surface area contributed by atoms with Gasteiger partial charge in [-0.2, -0.15) is 0 Å². The molecule has 116 valence electrons. The van der Waals surface area contributed by atoms with Crippen LogP contribution in [0.3, 0.4) is 0 Å². The molecule has 0 bridgehead atoms. The van der Waals surface area contributed by atoms with Gasteiger partial charge in [0.05, 0.1) is 0 Å². The molecular formula is C17H26ClN3. The van der Waals surface area contributed by atoms with Crippen LogP contribution in [0.15, 0.2) is 18.2 Å². The van der Waals surface area contributed by atoms with Crippen LogP contribution in [-0.4, -0.2) is 44.2 Å². The highest BCUT2D eigenvalue weighted by molar-refractivity contribution is 6.31. The average Bonchev–Trinajstić information content (AvgIpc) is 3.18. The molecule has 1 saturated heterocycles. The van der Waals surface area contributed by atoms with Crippen molar-refractivity contribution in [1.29, 1.82) is 0 Å². The molecule has 1 N–H and O–H groups in total. The molecule has 3 rings (SSSR count). The van der Waals surface area contributed by atoms with E-state index >= 15 is 0 Å². The second kappa shape index (κ2) is 6.15. The highest BCUT2D eigenvalue weighted by atomic mass is 35.5. The van der Waals surface area contributed by atoms with E-state index in [1.54, 1.807) is 0 Å². The van der Waals surface area contributed by atoms with E-state index < -0.39 is 0 Å². The number of nitrogens with zero attached hydrogens (tertiary/aromatic N) is 2. The summed E-state index contributed by atoms with van der Waals surface area (Å²) in [5, 5.41) is 4.42. The summed E-state index contributed by atoms with van der Waals surface area (Å²) in [6.07, 6.45) is 2.63. The molecule has 0 radical (unpaired) electrons. The lowest BCUT2D eigenvalue weighted by molar-refractivity contribution is 0.266. The molecule has 0 amide bonds. The van der Waals surface area contributed by atoms with Crippen LogP contribution >= 0.6 is 11.6 Å². The molecule has 2 aliphatic rings. The van der Waals surface area contributed by atoms with Crippen LogP contribution in [0.2, 0.25) is 5.02 Å². The summed E-state index contributed by atoms with van der Waals surface area (Å²) in [4.78, 5) is 4.79. The zero-order valence-electron chi connectivity index (χ0n) is 13.3. The molecule has 1 aromatic rings. The van der Waals surface area contributed by atoms with E-state index in [0.717, 1.165) is 30.7 Å². The Bertz CT molecular complexity index is 499. The van der Waals surface area contributed by atoms with Gasteiger partial charge in [0, 0.05) is 42.4 Å². The molecule has 2 atom stereocenters. The van der Waals surface area contributed by atoms with E-state index in [-0.39, 0.29) is 0 Å². The average molecular weight is 308 g/mol. The Balaban J connectivity index is 1.67. The third-order valence-corrected chi connectivity index (χ3v) is 5.15. The Kier molecular flexibility index (Phi) is 4.43. The Morgan fingerprint density at radius 1 is 1.29 bits per heavy atom. The van der Waals surface area contributed by atoms with Crippen LogP contribution in [0, 0.1) is 5.92 Å². The Labute approximate surface area is 133 Å². The minimum absolute atomic E-state index is 0.625. The summed E-state index contributed by atoms with van der Waals surface area (Å²) < 4.78 is 0. The largest absolute Gasteiger partial charge is 0.370 e. The van der Waals surface area contributed by atoms with Crippen LogP contribution < -0.4 is 10.2 Å². The molecule has 1 heterocycles. The van der Waals surface area contributed by atoms with Crippen molar-refractivity contribution in [2.24, 2.45) is 5.92 Å². The molecule has 3 nitrogen and oxygen atoms in total. The van der Waals surface area contributed by atoms with Gasteiger partial charge in [0.25, 0.3) is 0 Å². The van der Waals surface area contributed by atoms with Crippen molar-refractivity contribution in [2.75, 3.05) is 32.1 Å². The van der Waals surface area contributed by atoms with Crippen molar-refractivity contribution in [2.45, 2.75) is 38.4 Å². The Morgan fingerprint density at radius 3 is 2.62 bits per heavy atom. The second-order valence-corrected chi connectivity index (χ2v) is 7.25. The normalized spacial score (nSPS) is 25.9. The highest BCUT2D eigenvalue weighted by Crippen LogP contribution is 2.30. The molecule has 1 aliphatic heterocycles. The van der Waals surface area contributed by atoms with Gasteiger partial charge in [-0.15, -0.1) is 0 Å². The molecule has 2 fully saturated rings. The molecule has 0 aromatic heterocycles. The first kappa shape index (κ1) is 15.1. The van der Waals surface area contributed by atoms with E-state index in [1.165, 1.54) is 24.1 Å². The first-order valence-electron chi connectivity index (χ1n) is 7.98. The number of likely N-dealkylation sites (N-methyl/N-ethyl adjacent to an activating group) is 1. The van der Waals surface area contributed by atoms with E-state index in [9.17, 15) is 0 Å². The lowest BCUT2D eigenvalue weighted by atomic mass is 10.1. The smallest absolute Gasteiger partial charge is 0.0471 e. The number of rotatable bonds is 5. The van der Waals surface area contributed by atoms with E-state index in [0.29, 0.717) is 12.0 Å². The van der Waals surface area contributed by atoms with Crippen LogP contribution in [0.4, 0.5) is 5.69 Å². The summed E-state index contributed by atoms with van der Waals surface area (Å²) in [5.74, 6) is 0.690. The maximum Gasteiger partial charge on any atom is 0.0471 e. The SMILES string of the molecule is CC1CN(c2ccc(CNC3CC3)c(Cl)c2)CC1N(C)C. The fraction of sp³-hybridized carbons (Fsp3) is 0.647. The molecule has 0 spiro atoms. The van der Waals surface area contributed by atoms with Crippen molar-refractivity contribution in [3.8, 4) is 0 Å². The predicted molar refractivity (Wildman–Crippen MR) is 90.2 cm³/mol. The minimum atomic E-state index is 0.625. The molecule has 1 saturated carbocycles. The van der Waals surface area contributed by atoms with E-state index in [1.807, 2.05) is 0 Å². The maximum absolute atomic E-state index is 6.47. The monoisotopic (exact) mass is 307 g/mol. The summed E-state index contributed by atoms with van der Waals surface area (Å²) in [7, 11) is 4.34. The number of nitrogens with one attached hydrogen (secondary N) is 1. The zero-order valence-corrected chi connectivity index (χ0v) is 14.0. The Morgan fingerprint density at radius 2 is 2.05 bits per heavy atom. The lowest BCUT2D eigenvalue weighted by Crippen LogP contribution is -2.34. The van der Waals surface area contributed by atoms with E-state index in [4.69, 9.17) is 11.6 Å². The van der Waals surface area contributed by atoms with E-state index in [2.05, 4.69) is 54.3 Å². The predicted octanol–water partition coefficient (Wildman–Crippen LogP) is 2.98. The summed E-state index contributed by atoms with van der Waals surface area (Å²) >= 11 is 6.47. The van der Waals surface area contributed by atoms with Gasteiger partial charge >= 0.3 is 0 Å². The summed E-state index contributed by atoms with van der Waals surface area (Å²) in [6.45, 7) is 5.42. The second-order valence-electron chi connectivity index (χ2n) is 6.84. The number of hydrogen-bond acceptors (Lipinski definition) is 3. The molecule has 2 unspecified atom stereocenters. The fourth-order valence-electron chi connectivity index (χ4n) is 3.25. The number of halogens is 1. The van der Waals surface area contributed by atoms with Gasteiger partial charge in [-0.1, -0.05) is 24.6 Å².